The van der Waals surface area contributed by atoms with Gasteiger partial charge in [-0.3, -0.25) is 9.59 Å². The van der Waals surface area contributed by atoms with Crippen molar-refractivity contribution in [1.29, 1.82) is 0 Å². The molecule has 106 valence electrons. The summed E-state index contributed by atoms with van der Waals surface area (Å²) in [7, 11) is 0. The Hall–Kier alpha value is -1.57. The third-order valence-electron chi connectivity index (χ3n) is 3.12. The number of hydrogen-bond donors (Lipinski definition) is 3. The quantitative estimate of drug-likeness (QED) is 0.746. The molecule has 6 nitrogen and oxygen atoms in total. The Morgan fingerprint density at radius 3 is 3.15 bits per heavy atom. The number of nitrogens with one attached hydrogen (secondary N) is 3. The van der Waals surface area contributed by atoms with Gasteiger partial charge in [0, 0.05) is 17.1 Å². The van der Waals surface area contributed by atoms with E-state index in [2.05, 4.69) is 16.0 Å². The van der Waals surface area contributed by atoms with Gasteiger partial charge < -0.3 is 20.7 Å². The summed E-state index contributed by atoms with van der Waals surface area (Å²) in [5, 5.41) is 8.73. The highest BCUT2D eigenvalue weighted by molar-refractivity contribution is 8.00. The average molecular weight is 293 g/mol. The molecule has 2 aliphatic rings. The molecule has 0 radical (unpaired) electrons. The second-order valence-electron chi connectivity index (χ2n) is 4.62. The smallest absolute Gasteiger partial charge is 0.243 e. The number of benzene rings is 1. The van der Waals surface area contributed by atoms with Crippen LogP contribution >= 0.6 is 11.8 Å². The normalized spacial score (nSPS) is 21.8. The van der Waals surface area contributed by atoms with Crippen LogP contribution in [0.15, 0.2) is 23.1 Å². The van der Waals surface area contributed by atoms with E-state index >= 15 is 0 Å². The number of rotatable bonds is 2. The molecule has 1 atom stereocenters. The molecule has 0 saturated carbocycles. The summed E-state index contributed by atoms with van der Waals surface area (Å²) in [6.07, 6.45) is 0. The number of thioether (sulfide) groups is 1. The molecule has 1 saturated heterocycles. The molecule has 1 aromatic rings. The highest BCUT2D eigenvalue weighted by Gasteiger charge is 2.22. The molecule has 2 aliphatic heterocycles. The van der Waals surface area contributed by atoms with E-state index in [-0.39, 0.29) is 17.9 Å². The minimum absolute atomic E-state index is 0.0201. The molecule has 3 rings (SSSR count). The molecule has 2 amide bonds. The zero-order valence-corrected chi connectivity index (χ0v) is 11.6. The van der Waals surface area contributed by atoms with Crippen LogP contribution in [0.25, 0.3) is 0 Å². The molecule has 0 spiro atoms. The van der Waals surface area contributed by atoms with Crippen LogP contribution in [0.3, 0.4) is 0 Å². The van der Waals surface area contributed by atoms with Crippen molar-refractivity contribution in [2.45, 2.75) is 10.9 Å². The fourth-order valence-electron chi connectivity index (χ4n) is 2.12. The van der Waals surface area contributed by atoms with Gasteiger partial charge in [0.25, 0.3) is 0 Å². The van der Waals surface area contributed by atoms with Crippen molar-refractivity contribution < 1.29 is 14.3 Å². The van der Waals surface area contributed by atoms with Crippen LogP contribution in [0.1, 0.15) is 0 Å². The summed E-state index contributed by atoms with van der Waals surface area (Å²) >= 11 is 1.50. The molecule has 0 aromatic heterocycles. The summed E-state index contributed by atoms with van der Waals surface area (Å²) in [6.45, 7) is 1.68. The summed E-state index contributed by atoms with van der Waals surface area (Å²) in [5.41, 5.74) is 1.42. The molecule has 1 unspecified atom stereocenters. The first-order valence-electron chi connectivity index (χ1n) is 6.41. The maximum absolute atomic E-state index is 12.1. The van der Waals surface area contributed by atoms with Gasteiger partial charge >= 0.3 is 0 Å². The second kappa shape index (κ2) is 5.82. The molecule has 1 aromatic carbocycles. The monoisotopic (exact) mass is 293 g/mol. The van der Waals surface area contributed by atoms with Crippen LogP contribution in [-0.2, 0) is 14.3 Å². The number of carbonyl (C=O) groups is 2. The van der Waals surface area contributed by atoms with Gasteiger partial charge in [-0.15, -0.1) is 11.8 Å². The minimum atomic E-state index is -0.330. The molecule has 3 N–H and O–H groups in total. The van der Waals surface area contributed by atoms with Crippen LogP contribution in [-0.4, -0.2) is 43.4 Å². The number of carbonyl (C=O) groups excluding carboxylic acids is 2. The predicted molar refractivity (Wildman–Crippen MR) is 77.0 cm³/mol. The molecular formula is C13H15N3O3S. The Kier molecular flexibility index (Phi) is 3.90. The van der Waals surface area contributed by atoms with Gasteiger partial charge in [0.2, 0.25) is 11.8 Å². The number of hydrogen-bond acceptors (Lipinski definition) is 5. The topological polar surface area (TPSA) is 79.5 Å². The lowest BCUT2D eigenvalue weighted by Crippen LogP contribution is -2.48. The highest BCUT2D eigenvalue weighted by Crippen LogP contribution is 2.33. The van der Waals surface area contributed by atoms with Crippen molar-refractivity contribution in [3.05, 3.63) is 18.2 Å². The van der Waals surface area contributed by atoms with Crippen molar-refractivity contribution in [1.82, 2.24) is 5.32 Å². The number of amides is 2. The summed E-state index contributed by atoms with van der Waals surface area (Å²) in [4.78, 5) is 24.4. The van der Waals surface area contributed by atoms with E-state index < -0.39 is 0 Å². The fourth-order valence-corrected chi connectivity index (χ4v) is 2.91. The number of anilines is 2. The Bertz CT molecular complexity index is 544. The molecule has 20 heavy (non-hydrogen) atoms. The molecule has 0 bridgehead atoms. The Labute approximate surface area is 120 Å². The van der Waals surface area contributed by atoms with Gasteiger partial charge in [0.05, 0.1) is 24.7 Å². The molecule has 2 heterocycles. The summed E-state index contributed by atoms with van der Waals surface area (Å²) in [6, 6.07) is 5.19. The van der Waals surface area contributed by atoms with Gasteiger partial charge in [-0.05, 0) is 18.2 Å². The van der Waals surface area contributed by atoms with E-state index in [1.165, 1.54) is 11.8 Å². The predicted octanol–water partition coefficient (Wildman–Crippen LogP) is 0.658. The maximum atomic E-state index is 12.1. The fraction of sp³-hybridized carbons (Fsp3) is 0.385. The van der Waals surface area contributed by atoms with E-state index in [1.807, 2.05) is 12.1 Å². The van der Waals surface area contributed by atoms with Gasteiger partial charge in [-0.25, -0.2) is 0 Å². The Balaban J connectivity index is 1.69. The Morgan fingerprint density at radius 1 is 1.45 bits per heavy atom. The minimum Gasteiger partial charge on any atom is -0.378 e. The first-order valence-corrected chi connectivity index (χ1v) is 7.39. The van der Waals surface area contributed by atoms with Crippen LogP contribution in [0.4, 0.5) is 11.4 Å². The van der Waals surface area contributed by atoms with Gasteiger partial charge in [-0.1, -0.05) is 0 Å². The van der Waals surface area contributed by atoms with Crippen molar-refractivity contribution in [3.63, 3.8) is 0 Å². The SMILES string of the molecule is O=C1CSc2ccc(NC(=O)C3COCCN3)cc2N1. The molecule has 1 fully saturated rings. The second-order valence-corrected chi connectivity index (χ2v) is 5.64. The van der Waals surface area contributed by atoms with E-state index in [4.69, 9.17) is 4.74 Å². The molecule has 7 heteroatoms. The first kappa shape index (κ1) is 13.4. The van der Waals surface area contributed by atoms with Gasteiger partial charge in [0.1, 0.15) is 6.04 Å². The average Bonchev–Trinajstić information content (AvgIpc) is 2.47. The van der Waals surface area contributed by atoms with E-state index in [0.29, 0.717) is 31.2 Å². The lowest BCUT2D eigenvalue weighted by Gasteiger charge is -2.23. The summed E-state index contributed by atoms with van der Waals surface area (Å²) in [5.74, 6) is 0.287. The lowest BCUT2D eigenvalue weighted by atomic mass is 10.2. The number of ether oxygens (including phenoxy) is 1. The maximum Gasteiger partial charge on any atom is 0.243 e. The van der Waals surface area contributed by atoms with E-state index in [0.717, 1.165) is 10.6 Å². The van der Waals surface area contributed by atoms with Crippen molar-refractivity contribution in [2.75, 3.05) is 36.1 Å². The van der Waals surface area contributed by atoms with Crippen LogP contribution < -0.4 is 16.0 Å². The van der Waals surface area contributed by atoms with Gasteiger partial charge in [-0.2, -0.15) is 0 Å². The standard InChI is InChI=1S/C13H15N3O3S/c17-12-7-20-11-2-1-8(5-9(11)16-12)15-13(18)10-6-19-4-3-14-10/h1-2,5,10,14H,3-4,6-7H2,(H,15,18)(H,16,17). The molecule has 0 aliphatic carbocycles. The third-order valence-corrected chi connectivity index (χ3v) is 4.19. The van der Waals surface area contributed by atoms with Crippen LogP contribution in [0, 0.1) is 0 Å². The van der Waals surface area contributed by atoms with E-state index in [1.54, 1.807) is 6.07 Å². The van der Waals surface area contributed by atoms with Crippen LogP contribution in [0.5, 0.6) is 0 Å². The zero-order chi connectivity index (χ0) is 13.9. The van der Waals surface area contributed by atoms with E-state index in [9.17, 15) is 9.59 Å². The van der Waals surface area contributed by atoms with Gasteiger partial charge in [0.15, 0.2) is 0 Å². The highest BCUT2D eigenvalue weighted by atomic mass is 32.2. The first-order chi connectivity index (χ1) is 9.72. The largest absolute Gasteiger partial charge is 0.378 e. The van der Waals surface area contributed by atoms with Crippen molar-refractivity contribution in [2.24, 2.45) is 0 Å². The lowest BCUT2D eigenvalue weighted by molar-refractivity contribution is -0.120. The Morgan fingerprint density at radius 2 is 2.35 bits per heavy atom. The molecular weight excluding hydrogens is 278 g/mol. The van der Waals surface area contributed by atoms with Crippen molar-refractivity contribution >= 4 is 35.0 Å². The summed E-state index contributed by atoms with van der Waals surface area (Å²) < 4.78 is 5.26. The number of morpholine rings is 1. The van der Waals surface area contributed by atoms with Crippen LogP contribution in [0.2, 0.25) is 0 Å². The number of fused-ring (bicyclic) bond motifs is 1. The third kappa shape index (κ3) is 2.95. The van der Waals surface area contributed by atoms with Crippen molar-refractivity contribution in [3.8, 4) is 0 Å². The zero-order valence-electron chi connectivity index (χ0n) is 10.8.